The van der Waals surface area contributed by atoms with Crippen LogP contribution in [0.4, 0.5) is 5.69 Å². The van der Waals surface area contributed by atoms with Gasteiger partial charge in [-0.05, 0) is 67.6 Å². The number of hydrogen-bond acceptors (Lipinski definition) is 2. The molecule has 3 heteroatoms. The lowest BCUT2D eigenvalue weighted by Gasteiger charge is -2.13. The van der Waals surface area contributed by atoms with Gasteiger partial charge in [-0.3, -0.25) is 0 Å². The summed E-state index contributed by atoms with van der Waals surface area (Å²) in [7, 11) is 3.74. The van der Waals surface area contributed by atoms with E-state index in [-0.39, 0.29) is 0 Å². The molecule has 0 unspecified atom stereocenters. The Morgan fingerprint density at radius 3 is 2.65 bits per heavy atom. The van der Waals surface area contributed by atoms with Gasteiger partial charge in [-0.15, -0.1) is 0 Å². The zero-order chi connectivity index (χ0) is 16.8. The minimum absolute atomic E-state index is 0.886. The van der Waals surface area contributed by atoms with E-state index in [0.717, 1.165) is 24.4 Å². The Morgan fingerprint density at radius 2 is 1.96 bits per heavy atom. The first-order valence-corrected chi connectivity index (χ1v) is 8.01. The van der Waals surface area contributed by atoms with Crippen LogP contribution in [-0.2, 0) is 6.42 Å². The van der Waals surface area contributed by atoms with Crippen molar-refractivity contribution < 1.29 is 4.74 Å². The molecule has 23 heavy (non-hydrogen) atoms. The van der Waals surface area contributed by atoms with Crippen LogP contribution in [0.15, 0.2) is 41.4 Å². The molecule has 0 saturated carbocycles. The molecule has 0 aromatic heterocycles. The average Bonchev–Trinajstić information content (AvgIpc) is 2.56. The van der Waals surface area contributed by atoms with Gasteiger partial charge in [0.15, 0.2) is 0 Å². The predicted molar refractivity (Wildman–Crippen MR) is 98.2 cm³/mol. The van der Waals surface area contributed by atoms with Gasteiger partial charge in [0.25, 0.3) is 0 Å². The number of nitrogens with zero attached hydrogens (tertiary/aromatic N) is 2. The molecular weight excluding hydrogens is 284 g/mol. The van der Waals surface area contributed by atoms with Gasteiger partial charge < -0.3 is 9.64 Å². The summed E-state index contributed by atoms with van der Waals surface area (Å²) in [6, 6.07) is 12.6. The van der Waals surface area contributed by atoms with Gasteiger partial charge in [0.1, 0.15) is 5.75 Å². The van der Waals surface area contributed by atoms with Crippen LogP contribution in [0, 0.1) is 13.8 Å². The normalized spacial score (nSPS) is 11.0. The first-order valence-electron chi connectivity index (χ1n) is 8.01. The van der Waals surface area contributed by atoms with Gasteiger partial charge in [0, 0.05) is 13.6 Å². The van der Waals surface area contributed by atoms with Crippen molar-refractivity contribution in [3.8, 4) is 5.75 Å². The maximum atomic E-state index is 5.32. The van der Waals surface area contributed by atoms with Crippen molar-refractivity contribution >= 4 is 12.0 Å². The van der Waals surface area contributed by atoms with Crippen LogP contribution in [0.2, 0.25) is 0 Å². The van der Waals surface area contributed by atoms with Crippen molar-refractivity contribution in [3.63, 3.8) is 0 Å². The summed E-state index contributed by atoms with van der Waals surface area (Å²) in [4.78, 5) is 6.72. The van der Waals surface area contributed by atoms with Crippen molar-refractivity contribution in [3.05, 3.63) is 58.7 Å². The van der Waals surface area contributed by atoms with Crippen LogP contribution in [0.3, 0.4) is 0 Å². The van der Waals surface area contributed by atoms with Gasteiger partial charge in [-0.25, -0.2) is 4.99 Å². The van der Waals surface area contributed by atoms with Crippen molar-refractivity contribution in [2.45, 2.75) is 27.2 Å². The van der Waals surface area contributed by atoms with Crippen molar-refractivity contribution in [1.29, 1.82) is 0 Å². The van der Waals surface area contributed by atoms with E-state index < -0.39 is 0 Å². The molecule has 0 aliphatic rings. The smallest absolute Gasteiger partial charge is 0.119 e. The second-order valence-electron chi connectivity index (χ2n) is 5.91. The van der Waals surface area contributed by atoms with Gasteiger partial charge in [0.2, 0.25) is 0 Å². The quantitative estimate of drug-likeness (QED) is 0.579. The molecule has 0 aliphatic carbocycles. The highest BCUT2D eigenvalue weighted by molar-refractivity contribution is 5.64. The molecule has 0 amide bonds. The number of hydrogen-bond donors (Lipinski definition) is 0. The van der Waals surface area contributed by atoms with Crippen LogP contribution in [0.25, 0.3) is 0 Å². The zero-order valence-electron chi connectivity index (χ0n) is 14.8. The fourth-order valence-corrected chi connectivity index (χ4v) is 2.48. The van der Waals surface area contributed by atoms with E-state index in [0.29, 0.717) is 0 Å². The fraction of sp³-hybridized carbons (Fsp3) is 0.350. The maximum absolute atomic E-state index is 5.32. The van der Waals surface area contributed by atoms with Crippen LogP contribution < -0.4 is 4.74 Å². The Hall–Kier alpha value is -2.29. The number of methoxy groups -OCH3 is 1. The van der Waals surface area contributed by atoms with Crippen molar-refractivity contribution in [2.75, 3.05) is 20.7 Å². The predicted octanol–water partition coefficient (Wildman–Crippen LogP) is 4.51. The molecule has 0 bridgehead atoms. The van der Waals surface area contributed by atoms with E-state index in [9.17, 15) is 0 Å². The molecule has 0 N–H and O–H groups in total. The molecule has 0 atom stereocenters. The molecule has 0 aliphatic heterocycles. The average molecular weight is 310 g/mol. The minimum atomic E-state index is 0.886. The Kier molecular flexibility index (Phi) is 5.80. The first-order chi connectivity index (χ1) is 11.0. The second kappa shape index (κ2) is 7.82. The van der Waals surface area contributed by atoms with E-state index in [4.69, 9.17) is 4.74 Å². The third kappa shape index (κ3) is 4.59. The lowest BCUT2D eigenvalue weighted by Crippen LogP contribution is -2.14. The lowest BCUT2D eigenvalue weighted by molar-refractivity contribution is 0.414. The lowest BCUT2D eigenvalue weighted by atomic mass is 9.97. The molecule has 0 heterocycles. The highest BCUT2D eigenvalue weighted by Crippen LogP contribution is 2.27. The Labute approximate surface area is 139 Å². The van der Waals surface area contributed by atoms with Gasteiger partial charge in [-0.2, -0.15) is 0 Å². The summed E-state index contributed by atoms with van der Waals surface area (Å²) in [5, 5.41) is 0. The van der Waals surface area contributed by atoms with Crippen LogP contribution >= 0.6 is 0 Å². The fourth-order valence-electron chi connectivity index (χ4n) is 2.48. The minimum Gasteiger partial charge on any atom is -0.497 e. The number of ether oxygens (including phenoxy) is 1. The van der Waals surface area contributed by atoms with Crippen molar-refractivity contribution in [2.24, 2.45) is 4.99 Å². The molecule has 2 aromatic rings. The van der Waals surface area contributed by atoms with E-state index in [1.54, 1.807) is 7.11 Å². The zero-order valence-corrected chi connectivity index (χ0v) is 14.8. The van der Waals surface area contributed by atoms with Crippen LogP contribution in [0.5, 0.6) is 5.75 Å². The summed E-state index contributed by atoms with van der Waals surface area (Å²) in [6.45, 7) is 7.33. The van der Waals surface area contributed by atoms with Crippen LogP contribution in [-0.4, -0.2) is 31.9 Å². The van der Waals surface area contributed by atoms with Gasteiger partial charge in [-0.1, -0.05) is 18.2 Å². The maximum Gasteiger partial charge on any atom is 0.119 e. The van der Waals surface area contributed by atoms with Crippen molar-refractivity contribution in [1.82, 2.24) is 4.90 Å². The van der Waals surface area contributed by atoms with E-state index >= 15 is 0 Å². The highest BCUT2D eigenvalue weighted by Gasteiger charge is 2.07. The summed E-state index contributed by atoms with van der Waals surface area (Å²) in [5.74, 6) is 0.899. The molecular formula is C20H26N2O. The van der Waals surface area contributed by atoms with Gasteiger partial charge in [0.05, 0.1) is 19.1 Å². The topological polar surface area (TPSA) is 24.8 Å². The summed E-state index contributed by atoms with van der Waals surface area (Å²) >= 11 is 0. The van der Waals surface area contributed by atoms with E-state index in [1.807, 2.05) is 25.5 Å². The molecule has 0 spiro atoms. The Balaban J connectivity index is 2.31. The summed E-state index contributed by atoms with van der Waals surface area (Å²) in [6.07, 6.45) is 2.79. The Morgan fingerprint density at radius 1 is 1.17 bits per heavy atom. The Bertz CT molecular complexity index is 692. The number of aliphatic imine (C=N–C) groups is 1. The molecule has 122 valence electrons. The standard InChI is InChI=1S/C20H26N2O/c1-6-22(4)14-21-20-11-15(2)10-18(16(20)3)12-17-8-7-9-19(13-17)23-5/h7-11,13-14H,6,12H2,1-5H3. The first kappa shape index (κ1) is 17.1. The number of benzene rings is 2. The molecule has 0 radical (unpaired) electrons. The second-order valence-corrected chi connectivity index (χ2v) is 5.91. The third-order valence-corrected chi connectivity index (χ3v) is 4.05. The number of rotatable bonds is 6. The monoisotopic (exact) mass is 310 g/mol. The highest BCUT2D eigenvalue weighted by atomic mass is 16.5. The molecule has 2 rings (SSSR count). The van der Waals surface area contributed by atoms with E-state index in [2.05, 4.69) is 54.9 Å². The largest absolute Gasteiger partial charge is 0.497 e. The molecule has 0 saturated heterocycles. The van der Waals surface area contributed by atoms with Gasteiger partial charge >= 0.3 is 0 Å². The number of aryl methyl sites for hydroxylation is 1. The summed E-state index contributed by atoms with van der Waals surface area (Å²) < 4.78 is 5.32. The molecule has 2 aromatic carbocycles. The van der Waals surface area contributed by atoms with E-state index in [1.165, 1.54) is 22.3 Å². The van der Waals surface area contributed by atoms with Crippen LogP contribution in [0.1, 0.15) is 29.2 Å². The third-order valence-electron chi connectivity index (χ3n) is 4.05. The molecule has 0 fully saturated rings. The SMILES string of the molecule is CCN(C)C=Nc1cc(C)cc(Cc2cccc(OC)c2)c1C. The molecule has 3 nitrogen and oxygen atoms in total. The summed E-state index contributed by atoms with van der Waals surface area (Å²) in [5.41, 5.74) is 6.07.